The van der Waals surface area contributed by atoms with Crippen molar-refractivity contribution in [3.05, 3.63) is 50.9 Å². The smallest absolute Gasteiger partial charge is 0.260 e. The van der Waals surface area contributed by atoms with Gasteiger partial charge in [-0.05, 0) is 37.7 Å². The number of aromatic amines is 1. The lowest BCUT2D eigenvalue weighted by Crippen LogP contribution is -2.38. The van der Waals surface area contributed by atoms with Crippen LogP contribution in [-0.2, 0) is 6.54 Å². The number of piperidine rings is 1. The molecule has 4 nitrogen and oxygen atoms in total. The van der Waals surface area contributed by atoms with Crippen molar-refractivity contribution in [1.82, 2.24) is 14.9 Å². The van der Waals surface area contributed by atoms with Gasteiger partial charge in [0.25, 0.3) is 5.56 Å². The predicted octanol–water partition coefficient (Wildman–Crippen LogP) is 4.75. The largest absolute Gasteiger partial charge is 0.309 e. The van der Waals surface area contributed by atoms with Crippen LogP contribution in [0.1, 0.15) is 36.5 Å². The first-order valence-corrected chi connectivity index (χ1v) is 10.5. The third-order valence-electron chi connectivity index (χ3n) is 5.45. The number of nitrogens with zero attached hydrogens (tertiary/aromatic N) is 2. The number of benzene rings is 1. The standard InChI is InChI=1S/C22H27N3OS/c1-13-5-7-17(8-6-13)19-16(4)27-22-20(19)21(26)23-18(24-22)12-25-10-14(2)9-15(3)11-25/h5-8,14-15H,9-12H2,1-4H3,(H,23,24,26)/t14-,15-/m1/s1. The summed E-state index contributed by atoms with van der Waals surface area (Å²) in [6.45, 7) is 11.6. The van der Waals surface area contributed by atoms with Gasteiger partial charge >= 0.3 is 0 Å². The van der Waals surface area contributed by atoms with Gasteiger partial charge < -0.3 is 4.98 Å². The minimum atomic E-state index is -0.0203. The molecule has 0 saturated carbocycles. The number of hydrogen-bond donors (Lipinski definition) is 1. The SMILES string of the molecule is Cc1ccc(-c2c(C)sc3nc(CN4C[C@H](C)C[C@@H](C)C4)[nH]c(=O)c23)cc1. The topological polar surface area (TPSA) is 49.0 Å². The average Bonchev–Trinajstić information content (AvgIpc) is 2.91. The van der Waals surface area contributed by atoms with Crippen molar-refractivity contribution < 1.29 is 0 Å². The lowest BCUT2D eigenvalue weighted by atomic mass is 9.92. The average molecular weight is 382 g/mol. The van der Waals surface area contributed by atoms with Crippen molar-refractivity contribution in [2.45, 2.75) is 40.7 Å². The fourth-order valence-corrected chi connectivity index (χ4v) is 5.50. The second-order valence-electron chi connectivity index (χ2n) is 8.23. The van der Waals surface area contributed by atoms with E-state index in [0.29, 0.717) is 11.8 Å². The predicted molar refractivity (Wildman–Crippen MR) is 113 cm³/mol. The van der Waals surface area contributed by atoms with Crippen LogP contribution < -0.4 is 5.56 Å². The molecule has 1 fully saturated rings. The van der Waals surface area contributed by atoms with Gasteiger partial charge in [0.1, 0.15) is 10.7 Å². The minimum absolute atomic E-state index is 0.0203. The molecule has 0 aliphatic carbocycles. The highest BCUT2D eigenvalue weighted by Crippen LogP contribution is 2.35. The molecule has 27 heavy (non-hydrogen) atoms. The second-order valence-corrected chi connectivity index (χ2v) is 9.44. The third-order valence-corrected chi connectivity index (χ3v) is 6.44. The molecule has 0 bridgehead atoms. The molecule has 4 rings (SSSR count). The summed E-state index contributed by atoms with van der Waals surface area (Å²) >= 11 is 1.62. The molecule has 1 aliphatic heterocycles. The van der Waals surface area contributed by atoms with Gasteiger partial charge in [-0.3, -0.25) is 9.69 Å². The number of fused-ring (bicyclic) bond motifs is 1. The van der Waals surface area contributed by atoms with E-state index in [1.54, 1.807) is 11.3 Å². The van der Waals surface area contributed by atoms with Crippen LogP contribution in [0, 0.1) is 25.7 Å². The Hall–Kier alpha value is -1.98. The van der Waals surface area contributed by atoms with Crippen LogP contribution >= 0.6 is 11.3 Å². The molecule has 1 aliphatic rings. The maximum absolute atomic E-state index is 12.9. The van der Waals surface area contributed by atoms with Crippen LogP contribution in [0.5, 0.6) is 0 Å². The molecule has 0 radical (unpaired) electrons. The Bertz CT molecular complexity index is 1010. The zero-order chi connectivity index (χ0) is 19.1. The van der Waals surface area contributed by atoms with Gasteiger partial charge in [0.2, 0.25) is 0 Å². The van der Waals surface area contributed by atoms with Gasteiger partial charge in [-0.2, -0.15) is 0 Å². The Kier molecular flexibility index (Phi) is 4.91. The van der Waals surface area contributed by atoms with Crippen LogP contribution in [-0.4, -0.2) is 28.0 Å². The van der Waals surface area contributed by atoms with Crippen LogP contribution in [0.15, 0.2) is 29.1 Å². The molecule has 3 aromatic rings. The lowest BCUT2D eigenvalue weighted by Gasteiger charge is -2.34. The van der Waals surface area contributed by atoms with E-state index in [2.05, 4.69) is 61.8 Å². The highest BCUT2D eigenvalue weighted by Gasteiger charge is 2.23. The molecule has 5 heteroatoms. The summed E-state index contributed by atoms with van der Waals surface area (Å²) in [6.07, 6.45) is 1.28. The first-order valence-electron chi connectivity index (χ1n) is 9.72. The summed E-state index contributed by atoms with van der Waals surface area (Å²) < 4.78 is 0. The maximum Gasteiger partial charge on any atom is 0.260 e. The molecule has 2 aromatic heterocycles. The molecule has 2 atom stereocenters. The van der Waals surface area contributed by atoms with E-state index in [1.165, 1.54) is 12.0 Å². The monoisotopic (exact) mass is 381 g/mol. The molecule has 1 N–H and O–H groups in total. The van der Waals surface area contributed by atoms with Crippen molar-refractivity contribution in [3.8, 4) is 11.1 Å². The van der Waals surface area contributed by atoms with Crippen molar-refractivity contribution in [3.63, 3.8) is 0 Å². The van der Waals surface area contributed by atoms with Crippen LogP contribution in [0.3, 0.4) is 0 Å². The number of thiophene rings is 1. The Morgan fingerprint density at radius 1 is 1.15 bits per heavy atom. The number of aryl methyl sites for hydroxylation is 2. The van der Waals surface area contributed by atoms with E-state index in [4.69, 9.17) is 4.98 Å². The quantitative estimate of drug-likeness (QED) is 0.712. The van der Waals surface area contributed by atoms with E-state index in [0.717, 1.165) is 51.7 Å². The Morgan fingerprint density at radius 2 is 1.81 bits per heavy atom. The number of aromatic nitrogens is 2. The van der Waals surface area contributed by atoms with Crippen molar-refractivity contribution in [2.24, 2.45) is 11.8 Å². The molecule has 0 spiro atoms. The zero-order valence-electron chi connectivity index (χ0n) is 16.5. The van der Waals surface area contributed by atoms with Crippen LogP contribution in [0.2, 0.25) is 0 Å². The highest BCUT2D eigenvalue weighted by molar-refractivity contribution is 7.19. The van der Waals surface area contributed by atoms with Gasteiger partial charge in [-0.15, -0.1) is 11.3 Å². The molecule has 0 amide bonds. The van der Waals surface area contributed by atoms with Gasteiger partial charge in [-0.1, -0.05) is 43.7 Å². The molecular formula is C22H27N3OS. The molecule has 1 aromatic carbocycles. The van der Waals surface area contributed by atoms with E-state index in [-0.39, 0.29) is 5.56 Å². The fraction of sp³-hybridized carbons (Fsp3) is 0.455. The summed E-state index contributed by atoms with van der Waals surface area (Å²) in [5, 5.41) is 0.727. The lowest BCUT2D eigenvalue weighted by molar-refractivity contribution is 0.131. The minimum Gasteiger partial charge on any atom is -0.309 e. The van der Waals surface area contributed by atoms with Gasteiger partial charge in [0.15, 0.2) is 0 Å². The van der Waals surface area contributed by atoms with Crippen LogP contribution in [0.25, 0.3) is 21.3 Å². The van der Waals surface area contributed by atoms with E-state index < -0.39 is 0 Å². The van der Waals surface area contributed by atoms with Crippen molar-refractivity contribution in [2.75, 3.05) is 13.1 Å². The number of H-pyrrole nitrogens is 1. The Balaban J connectivity index is 1.71. The second kappa shape index (κ2) is 7.21. The van der Waals surface area contributed by atoms with Crippen LogP contribution in [0.4, 0.5) is 0 Å². The summed E-state index contributed by atoms with van der Waals surface area (Å²) in [5.41, 5.74) is 3.31. The normalized spacial score (nSPS) is 21.0. The number of hydrogen-bond acceptors (Lipinski definition) is 4. The zero-order valence-corrected chi connectivity index (χ0v) is 17.3. The Morgan fingerprint density at radius 3 is 2.48 bits per heavy atom. The van der Waals surface area contributed by atoms with Gasteiger partial charge in [0.05, 0.1) is 11.9 Å². The van der Waals surface area contributed by atoms with E-state index in [1.807, 2.05) is 0 Å². The summed E-state index contributed by atoms with van der Waals surface area (Å²) in [5.74, 6) is 2.17. The van der Waals surface area contributed by atoms with Crippen molar-refractivity contribution in [1.29, 1.82) is 0 Å². The first kappa shape index (κ1) is 18.4. The number of rotatable bonds is 3. The number of nitrogens with one attached hydrogen (secondary N) is 1. The number of likely N-dealkylation sites (tertiary alicyclic amines) is 1. The van der Waals surface area contributed by atoms with E-state index in [9.17, 15) is 4.79 Å². The molecule has 1 saturated heterocycles. The Labute approximate surface area is 164 Å². The fourth-order valence-electron chi connectivity index (χ4n) is 4.44. The summed E-state index contributed by atoms with van der Waals surface area (Å²) in [4.78, 5) is 25.2. The molecule has 3 heterocycles. The van der Waals surface area contributed by atoms with Gasteiger partial charge in [0, 0.05) is 23.5 Å². The molecular weight excluding hydrogens is 354 g/mol. The van der Waals surface area contributed by atoms with Gasteiger partial charge in [-0.25, -0.2) is 4.98 Å². The molecule has 0 unspecified atom stereocenters. The highest BCUT2D eigenvalue weighted by atomic mass is 32.1. The first-order chi connectivity index (χ1) is 12.9. The summed E-state index contributed by atoms with van der Waals surface area (Å²) in [7, 11) is 0. The van der Waals surface area contributed by atoms with E-state index >= 15 is 0 Å². The molecule has 142 valence electrons. The maximum atomic E-state index is 12.9. The third kappa shape index (κ3) is 3.71. The van der Waals surface area contributed by atoms with Crippen molar-refractivity contribution >= 4 is 21.6 Å². The summed E-state index contributed by atoms with van der Waals surface area (Å²) in [6, 6.07) is 8.36.